The Morgan fingerprint density at radius 3 is 2.35 bits per heavy atom. The molecular formula is C14H8BrF3N2. The molecule has 0 saturated carbocycles. The summed E-state index contributed by atoms with van der Waals surface area (Å²) >= 11 is 3.42. The highest BCUT2D eigenvalue weighted by Crippen LogP contribution is 2.33. The fourth-order valence-electron chi connectivity index (χ4n) is 2.03. The maximum atomic E-state index is 12.5. The molecule has 0 atom stereocenters. The number of aromatic amines is 1. The summed E-state index contributed by atoms with van der Waals surface area (Å²) in [5.41, 5.74) is 1.77. The molecule has 2 aromatic carbocycles. The molecule has 102 valence electrons. The third-order valence-electron chi connectivity index (χ3n) is 3.05. The van der Waals surface area contributed by atoms with Gasteiger partial charge in [-0.2, -0.15) is 18.3 Å². The average Bonchev–Trinajstić information content (AvgIpc) is 2.86. The van der Waals surface area contributed by atoms with Crippen LogP contribution in [0.2, 0.25) is 0 Å². The van der Waals surface area contributed by atoms with E-state index >= 15 is 0 Å². The minimum absolute atomic E-state index is 0.648. The number of halogens is 4. The van der Waals surface area contributed by atoms with Crippen LogP contribution in [0.25, 0.3) is 22.0 Å². The molecule has 0 aliphatic rings. The molecule has 3 rings (SSSR count). The SMILES string of the molecule is FC(F)(F)c1ccc(-c2cc(Br)c3[nH]ncc3c2)cc1. The number of hydrogen-bond donors (Lipinski definition) is 1. The number of fused-ring (bicyclic) bond motifs is 1. The van der Waals surface area contributed by atoms with Crippen LogP contribution >= 0.6 is 15.9 Å². The van der Waals surface area contributed by atoms with Crippen molar-refractivity contribution in [3.8, 4) is 11.1 Å². The second-order valence-corrected chi connectivity index (χ2v) is 5.22. The van der Waals surface area contributed by atoms with Crippen molar-refractivity contribution in [2.45, 2.75) is 6.18 Å². The highest BCUT2D eigenvalue weighted by Gasteiger charge is 2.29. The molecule has 1 heterocycles. The van der Waals surface area contributed by atoms with E-state index in [-0.39, 0.29) is 0 Å². The van der Waals surface area contributed by atoms with Crippen LogP contribution in [-0.2, 0) is 6.18 Å². The third-order valence-corrected chi connectivity index (χ3v) is 3.67. The Morgan fingerprint density at radius 1 is 1.00 bits per heavy atom. The van der Waals surface area contributed by atoms with Crippen molar-refractivity contribution in [1.29, 1.82) is 0 Å². The third kappa shape index (κ3) is 2.31. The van der Waals surface area contributed by atoms with Crippen LogP contribution < -0.4 is 0 Å². The zero-order chi connectivity index (χ0) is 14.3. The molecule has 6 heteroatoms. The fraction of sp³-hybridized carbons (Fsp3) is 0.0714. The number of benzene rings is 2. The van der Waals surface area contributed by atoms with Gasteiger partial charge in [0.15, 0.2) is 0 Å². The van der Waals surface area contributed by atoms with Gasteiger partial charge in [0, 0.05) is 9.86 Å². The predicted molar refractivity (Wildman–Crippen MR) is 74.2 cm³/mol. The Hall–Kier alpha value is -1.82. The van der Waals surface area contributed by atoms with Gasteiger partial charge in [0.05, 0.1) is 17.3 Å². The van der Waals surface area contributed by atoms with Crippen LogP contribution in [0.15, 0.2) is 47.1 Å². The Kier molecular flexibility index (Phi) is 3.05. The van der Waals surface area contributed by atoms with Crippen molar-refractivity contribution >= 4 is 26.8 Å². The Balaban J connectivity index is 2.06. The molecule has 0 radical (unpaired) electrons. The zero-order valence-corrected chi connectivity index (χ0v) is 11.6. The molecule has 1 N–H and O–H groups in total. The number of H-pyrrole nitrogens is 1. The van der Waals surface area contributed by atoms with Gasteiger partial charge in [0.25, 0.3) is 0 Å². The van der Waals surface area contributed by atoms with Crippen LogP contribution in [0.4, 0.5) is 13.2 Å². The monoisotopic (exact) mass is 340 g/mol. The number of hydrogen-bond acceptors (Lipinski definition) is 1. The van der Waals surface area contributed by atoms with Crippen LogP contribution in [0.3, 0.4) is 0 Å². The van der Waals surface area contributed by atoms with Crippen molar-refractivity contribution in [2.75, 3.05) is 0 Å². The van der Waals surface area contributed by atoms with E-state index in [1.165, 1.54) is 12.1 Å². The van der Waals surface area contributed by atoms with Crippen molar-refractivity contribution in [2.24, 2.45) is 0 Å². The molecule has 1 aromatic heterocycles. The molecule has 0 spiro atoms. The van der Waals surface area contributed by atoms with Crippen molar-refractivity contribution in [1.82, 2.24) is 10.2 Å². The lowest BCUT2D eigenvalue weighted by Crippen LogP contribution is -2.03. The van der Waals surface area contributed by atoms with E-state index in [0.29, 0.717) is 0 Å². The minimum Gasteiger partial charge on any atom is -0.277 e. The first-order valence-corrected chi connectivity index (χ1v) is 6.55. The fourth-order valence-corrected chi connectivity index (χ4v) is 2.60. The maximum Gasteiger partial charge on any atom is 0.416 e. The first-order chi connectivity index (χ1) is 9.45. The second-order valence-electron chi connectivity index (χ2n) is 4.37. The van der Waals surface area contributed by atoms with E-state index in [9.17, 15) is 13.2 Å². The van der Waals surface area contributed by atoms with Crippen molar-refractivity contribution in [3.63, 3.8) is 0 Å². The lowest BCUT2D eigenvalue weighted by Gasteiger charge is -2.08. The summed E-state index contributed by atoms with van der Waals surface area (Å²) in [7, 11) is 0. The molecule has 20 heavy (non-hydrogen) atoms. The van der Waals surface area contributed by atoms with Gasteiger partial charge in [-0.25, -0.2) is 0 Å². The predicted octanol–water partition coefficient (Wildman–Crippen LogP) is 5.01. The number of rotatable bonds is 1. The van der Waals surface area contributed by atoms with Gasteiger partial charge in [-0.15, -0.1) is 0 Å². The number of aromatic nitrogens is 2. The molecule has 0 bridgehead atoms. The highest BCUT2D eigenvalue weighted by atomic mass is 79.9. The van der Waals surface area contributed by atoms with E-state index in [4.69, 9.17) is 0 Å². The van der Waals surface area contributed by atoms with Crippen LogP contribution in [0.5, 0.6) is 0 Å². The van der Waals surface area contributed by atoms with Gasteiger partial charge in [-0.05, 0) is 51.3 Å². The van der Waals surface area contributed by atoms with Crippen LogP contribution in [0.1, 0.15) is 5.56 Å². The van der Waals surface area contributed by atoms with Gasteiger partial charge in [-0.3, -0.25) is 5.10 Å². The number of nitrogens with zero attached hydrogens (tertiary/aromatic N) is 1. The quantitative estimate of drug-likeness (QED) is 0.662. The first-order valence-electron chi connectivity index (χ1n) is 5.75. The topological polar surface area (TPSA) is 28.7 Å². The van der Waals surface area contributed by atoms with E-state index in [0.717, 1.165) is 38.6 Å². The van der Waals surface area contributed by atoms with Gasteiger partial charge in [-0.1, -0.05) is 12.1 Å². The van der Waals surface area contributed by atoms with E-state index in [1.807, 2.05) is 12.1 Å². The number of alkyl halides is 3. The van der Waals surface area contributed by atoms with Gasteiger partial charge >= 0.3 is 6.18 Å². The summed E-state index contributed by atoms with van der Waals surface area (Å²) in [4.78, 5) is 0. The molecule has 0 saturated heterocycles. The van der Waals surface area contributed by atoms with E-state index in [1.54, 1.807) is 6.20 Å². The molecule has 0 aliphatic carbocycles. The zero-order valence-electron chi connectivity index (χ0n) is 10.0. The highest BCUT2D eigenvalue weighted by molar-refractivity contribution is 9.10. The maximum absolute atomic E-state index is 12.5. The molecular weight excluding hydrogens is 333 g/mol. The van der Waals surface area contributed by atoms with Crippen molar-refractivity contribution in [3.05, 3.63) is 52.6 Å². The van der Waals surface area contributed by atoms with E-state index < -0.39 is 11.7 Å². The summed E-state index contributed by atoms with van der Waals surface area (Å²) < 4.78 is 38.4. The molecule has 0 aliphatic heterocycles. The molecule has 0 amide bonds. The summed E-state index contributed by atoms with van der Waals surface area (Å²) in [6, 6.07) is 8.84. The lowest BCUT2D eigenvalue weighted by molar-refractivity contribution is -0.137. The smallest absolute Gasteiger partial charge is 0.277 e. The van der Waals surface area contributed by atoms with E-state index in [2.05, 4.69) is 26.1 Å². The lowest BCUT2D eigenvalue weighted by atomic mass is 10.0. The average molecular weight is 341 g/mol. The molecule has 0 unspecified atom stereocenters. The van der Waals surface area contributed by atoms with Crippen LogP contribution in [-0.4, -0.2) is 10.2 Å². The largest absolute Gasteiger partial charge is 0.416 e. The van der Waals surface area contributed by atoms with Crippen molar-refractivity contribution < 1.29 is 13.2 Å². The number of nitrogens with one attached hydrogen (secondary N) is 1. The summed E-state index contributed by atoms with van der Waals surface area (Å²) in [5, 5.41) is 7.69. The molecule has 0 fully saturated rings. The minimum atomic E-state index is -4.31. The Bertz CT molecular complexity index is 760. The summed E-state index contributed by atoms with van der Waals surface area (Å²) in [6.45, 7) is 0. The second kappa shape index (κ2) is 4.63. The van der Waals surface area contributed by atoms with Gasteiger partial charge in [0.2, 0.25) is 0 Å². The normalized spacial score (nSPS) is 12.0. The standard InChI is InChI=1S/C14H8BrF3N2/c15-12-6-9(5-10-7-19-20-13(10)12)8-1-3-11(4-2-8)14(16,17)18/h1-7H,(H,19,20). The molecule has 2 nitrogen and oxygen atoms in total. The summed E-state index contributed by atoms with van der Waals surface area (Å²) in [5.74, 6) is 0. The Morgan fingerprint density at radius 2 is 1.70 bits per heavy atom. The Labute approximate surface area is 120 Å². The summed E-state index contributed by atoms with van der Waals surface area (Å²) in [6.07, 6.45) is -2.64. The van der Waals surface area contributed by atoms with Gasteiger partial charge in [0.1, 0.15) is 0 Å². The first kappa shape index (κ1) is 13.2. The molecule has 3 aromatic rings. The van der Waals surface area contributed by atoms with Gasteiger partial charge < -0.3 is 0 Å². The van der Waals surface area contributed by atoms with Crippen LogP contribution in [0, 0.1) is 0 Å².